The fourth-order valence-electron chi connectivity index (χ4n) is 5.04. The van der Waals surface area contributed by atoms with Crippen molar-refractivity contribution in [3.05, 3.63) is 12.7 Å². The normalized spacial score (nSPS) is 38.5. The molecule has 0 spiro atoms. The van der Waals surface area contributed by atoms with E-state index in [-0.39, 0.29) is 16.7 Å². The SMILES string of the molecule is C=C[C@H]([C@@]1(C=O)CC[C@@H]2CCCC[C@@]2(C)C1=O)[Si](C)(C)C. The Labute approximate surface area is 130 Å². The molecule has 2 nitrogen and oxygen atoms in total. The van der Waals surface area contributed by atoms with E-state index in [1.54, 1.807) is 0 Å². The molecule has 0 saturated heterocycles. The van der Waals surface area contributed by atoms with E-state index in [1.165, 1.54) is 6.42 Å². The highest BCUT2D eigenvalue weighted by Crippen LogP contribution is 2.58. The quantitative estimate of drug-likeness (QED) is 0.328. The van der Waals surface area contributed by atoms with Crippen LogP contribution in [0.4, 0.5) is 0 Å². The molecule has 0 amide bonds. The van der Waals surface area contributed by atoms with Crippen LogP contribution in [0.25, 0.3) is 0 Å². The molecule has 0 aromatic carbocycles. The van der Waals surface area contributed by atoms with Gasteiger partial charge in [-0.05, 0) is 37.1 Å². The van der Waals surface area contributed by atoms with Crippen LogP contribution in [0.15, 0.2) is 12.7 Å². The second-order valence-corrected chi connectivity index (χ2v) is 13.8. The number of carbonyl (C=O) groups is 2. The molecule has 3 heteroatoms. The highest BCUT2D eigenvalue weighted by molar-refractivity contribution is 6.78. The van der Waals surface area contributed by atoms with Crippen LogP contribution >= 0.6 is 0 Å². The number of hydrogen-bond acceptors (Lipinski definition) is 2. The Balaban J connectivity index is 2.47. The Hall–Kier alpha value is -0.703. The molecule has 0 aromatic heterocycles. The number of carbonyl (C=O) groups excluding carboxylic acids is 2. The zero-order valence-corrected chi connectivity index (χ0v) is 15.1. The van der Waals surface area contributed by atoms with Gasteiger partial charge in [0.1, 0.15) is 6.29 Å². The number of aldehydes is 1. The van der Waals surface area contributed by atoms with Crippen molar-refractivity contribution >= 4 is 20.1 Å². The summed E-state index contributed by atoms with van der Waals surface area (Å²) < 4.78 is 0. The first-order valence-corrected chi connectivity index (χ1v) is 11.9. The van der Waals surface area contributed by atoms with E-state index in [2.05, 4.69) is 33.1 Å². The molecule has 0 N–H and O–H groups in total. The standard InChI is InChI=1S/C18H30O2Si/c1-6-15(21(3,4)5)18(13-19)12-10-14-9-7-8-11-17(14,2)16(18)20/h6,13-15H,1,7-12H2,2-5H3/t14-,15+,17+,18-/m0/s1. The molecule has 2 saturated carbocycles. The van der Waals surface area contributed by atoms with Gasteiger partial charge in [0.05, 0.1) is 13.5 Å². The Bertz CT molecular complexity index is 451. The summed E-state index contributed by atoms with van der Waals surface area (Å²) in [6.45, 7) is 12.8. The average molecular weight is 307 g/mol. The number of Topliss-reactive ketones (excluding diaryl/α,β-unsaturated/α-hetero) is 1. The Kier molecular flexibility index (Phi) is 4.36. The van der Waals surface area contributed by atoms with Gasteiger partial charge in [0.2, 0.25) is 0 Å². The van der Waals surface area contributed by atoms with Crippen LogP contribution in [0.5, 0.6) is 0 Å². The molecule has 21 heavy (non-hydrogen) atoms. The Morgan fingerprint density at radius 1 is 1.24 bits per heavy atom. The molecule has 2 aliphatic carbocycles. The first-order valence-electron chi connectivity index (χ1n) is 8.36. The monoisotopic (exact) mass is 306 g/mol. The van der Waals surface area contributed by atoms with Gasteiger partial charge >= 0.3 is 0 Å². The Morgan fingerprint density at radius 3 is 2.43 bits per heavy atom. The summed E-state index contributed by atoms with van der Waals surface area (Å²) in [5.74, 6) is 0.715. The van der Waals surface area contributed by atoms with Crippen LogP contribution in [-0.4, -0.2) is 20.1 Å². The largest absolute Gasteiger partial charge is 0.302 e. The maximum atomic E-state index is 13.4. The fraction of sp³-hybridized carbons (Fsp3) is 0.778. The first-order chi connectivity index (χ1) is 9.72. The lowest BCUT2D eigenvalue weighted by Gasteiger charge is -2.53. The molecule has 2 rings (SSSR count). The second kappa shape index (κ2) is 5.49. The molecule has 0 unspecified atom stereocenters. The van der Waals surface area contributed by atoms with Gasteiger partial charge in [-0.15, -0.1) is 6.58 Å². The summed E-state index contributed by atoms with van der Waals surface area (Å²) in [5, 5.41) is 0. The summed E-state index contributed by atoms with van der Waals surface area (Å²) in [6, 6.07) is 0. The van der Waals surface area contributed by atoms with E-state index in [0.29, 0.717) is 5.92 Å². The molecule has 0 bridgehead atoms. The predicted molar refractivity (Wildman–Crippen MR) is 90.1 cm³/mol. The third-order valence-corrected chi connectivity index (χ3v) is 8.80. The Morgan fingerprint density at radius 2 is 1.90 bits per heavy atom. The van der Waals surface area contributed by atoms with Gasteiger partial charge in [-0.25, -0.2) is 0 Å². The number of ketones is 1. The molecule has 0 aliphatic heterocycles. The van der Waals surface area contributed by atoms with E-state index in [1.807, 2.05) is 6.08 Å². The van der Waals surface area contributed by atoms with Gasteiger partial charge in [0, 0.05) is 5.41 Å². The molecule has 0 radical (unpaired) electrons. The minimum atomic E-state index is -1.67. The third-order valence-electron chi connectivity index (χ3n) is 6.18. The van der Waals surface area contributed by atoms with Crippen LogP contribution in [0.3, 0.4) is 0 Å². The summed E-state index contributed by atoms with van der Waals surface area (Å²) in [4.78, 5) is 25.5. The van der Waals surface area contributed by atoms with E-state index in [4.69, 9.17) is 0 Å². The highest BCUT2D eigenvalue weighted by atomic mass is 28.3. The first kappa shape index (κ1) is 16.7. The second-order valence-electron chi connectivity index (χ2n) is 8.47. The van der Waals surface area contributed by atoms with Crippen LogP contribution in [0.2, 0.25) is 25.2 Å². The summed E-state index contributed by atoms with van der Waals surface area (Å²) >= 11 is 0. The minimum Gasteiger partial charge on any atom is -0.302 e. The summed E-state index contributed by atoms with van der Waals surface area (Å²) in [7, 11) is -1.67. The molecule has 0 aromatic rings. The minimum absolute atomic E-state index is 0.0506. The van der Waals surface area contributed by atoms with Crippen molar-refractivity contribution in [2.45, 2.75) is 70.6 Å². The van der Waals surface area contributed by atoms with Crippen LogP contribution < -0.4 is 0 Å². The lowest BCUT2D eigenvalue weighted by Crippen LogP contribution is -2.57. The summed E-state index contributed by atoms with van der Waals surface area (Å²) in [5.41, 5.74) is -1.03. The predicted octanol–water partition coefficient (Wildman–Crippen LogP) is 4.63. The van der Waals surface area contributed by atoms with E-state index >= 15 is 0 Å². The average Bonchev–Trinajstić information content (AvgIpc) is 2.42. The smallest absolute Gasteiger partial charge is 0.152 e. The zero-order valence-electron chi connectivity index (χ0n) is 14.1. The maximum Gasteiger partial charge on any atom is 0.152 e. The van der Waals surface area contributed by atoms with Crippen molar-refractivity contribution in [3.63, 3.8) is 0 Å². The van der Waals surface area contributed by atoms with Gasteiger partial charge < -0.3 is 4.79 Å². The van der Waals surface area contributed by atoms with Gasteiger partial charge in [0.15, 0.2) is 5.78 Å². The number of hydrogen-bond donors (Lipinski definition) is 0. The fourth-order valence-corrected chi connectivity index (χ4v) is 7.64. The lowest BCUT2D eigenvalue weighted by molar-refractivity contribution is -0.153. The van der Waals surface area contributed by atoms with Crippen molar-refractivity contribution in [1.29, 1.82) is 0 Å². The molecular formula is C18H30O2Si. The topological polar surface area (TPSA) is 34.1 Å². The molecule has 2 aliphatic rings. The van der Waals surface area contributed by atoms with Crippen molar-refractivity contribution in [2.24, 2.45) is 16.7 Å². The zero-order chi connectivity index (χ0) is 15.9. The van der Waals surface area contributed by atoms with Gasteiger partial charge in [-0.1, -0.05) is 45.5 Å². The molecule has 4 atom stereocenters. The van der Waals surface area contributed by atoms with Gasteiger partial charge in [0.25, 0.3) is 0 Å². The van der Waals surface area contributed by atoms with Gasteiger partial charge in [-0.3, -0.25) is 4.79 Å². The number of rotatable bonds is 4. The molecular weight excluding hydrogens is 276 g/mol. The van der Waals surface area contributed by atoms with E-state index < -0.39 is 13.5 Å². The van der Waals surface area contributed by atoms with Crippen LogP contribution in [0, 0.1) is 16.7 Å². The molecule has 0 heterocycles. The highest BCUT2D eigenvalue weighted by Gasteiger charge is 2.59. The van der Waals surface area contributed by atoms with Crippen molar-refractivity contribution in [2.75, 3.05) is 0 Å². The molecule has 118 valence electrons. The molecule has 2 fully saturated rings. The van der Waals surface area contributed by atoms with E-state index in [9.17, 15) is 9.59 Å². The lowest BCUT2D eigenvalue weighted by atomic mass is 9.52. The van der Waals surface area contributed by atoms with Crippen molar-refractivity contribution < 1.29 is 9.59 Å². The van der Waals surface area contributed by atoms with Crippen molar-refractivity contribution in [1.82, 2.24) is 0 Å². The van der Waals surface area contributed by atoms with Crippen LogP contribution in [-0.2, 0) is 9.59 Å². The van der Waals surface area contributed by atoms with E-state index in [0.717, 1.165) is 38.4 Å². The third kappa shape index (κ3) is 2.48. The summed E-state index contributed by atoms with van der Waals surface area (Å²) in [6.07, 6.45) is 9.14. The van der Waals surface area contributed by atoms with Gasteiger partial charge in [-0.2, -0.15) is 0 Å². The van der Waals surface area contributed by atoms with Crippen molar-refractivity contribution in [3.8, 4) is 0 Å². The maximum absolute atomic E-state index is 13.4. The number of allylic oxidation sites excluding steroid dienone is 1. The van der Waals surface area contributed by atoms with Crippen LogP contribution in [0.1, 0.15) is 45.4 Å². The number of fused-ring (bicyclic) bond motifs is 1.